The van der Waals surface area contributed by atoms with Gasteiger partial charge in [-0.15, -0.1) is 0 Å². The van der Waals surface area contributed by atoms with Crippen LogP contribution in [0, 0.1) is 6.92 Å². The second-order valence-electron chi connectivity index (χ2n) is 6.33. The van der Waals surface area contributed by atoms with Crippen molar-refractivity contribution in [2.24, 2.45) is 0 Å². The maximum absolute atomic E-state index is 12.0. The molecule has 0 radical (unpaired) electrons. The van der Waals surface area contributed by atoms with E-state index in [0.717, 1.165) is 28.1 Å². The van der Waals surface area contributed by atoms with E-state index in [4.69, 9.17) is 4.74 Å². The molecule has 3 aromatic rings. The van der Waals surface area contributed by atoms with Gasteiger partial charge in [-0.05, 0) is 58.1 Å². The average molecular weight is 412 g/mol. The number of ether oxygens (including phenoxy) is 1. The van der Waals surface area contributed by atoms with Crippen molar-refractivity contribution in [1.29, 1.82) is 0 Å². The predicted octanol–water partition coefficient (Wildman–Crippen LogP) is 5.04. The standard InChI is InChI=1S/C22H22BrNO2/c1-16-8-10-17(11-9-16)5-4-14-24-21(25)15-26-20-13-12-18-6-2-3-7-19(18)22(20)23/h2-3,6-13H,4-5,14-15H2,1H3,(H,24,25). The Morgan fingerprint density at radius 2 is 1.81 bits per heavy atom. The molecule has 1 N–H and O–H groups in total. The third-order valence-corrected chi connectivity index (χ3v) is 5.09. The molecule has 3 nitrogen and oxygen atoms in total. The lowest BCUT2D eigenvalue weighted by atomic mass is 10.1. The summed E-state index contributed by atoms with van der Waals surface area (Å²) in [6.45, 7) is 2.74. The van der Waals surface area contributed by atoms with Crippen LogP contribution in [0.1, 0.15) is 17.5 Å². The molecule has 134 valence electrons. The van der Waals surface area contributed by atoms with Crippen molar-refractivity contribution < 1.29 is 9.53 Å². The van der Waals surface area contributed by atoms with Crippen LogP contribution in [0.4, 0.5) is 0 Å². The lowest BCUT2D eigenvalue weighted by Crippen LogP contribution is -2.30. The largest absolute Gasteiger partial charge is 0.483 e. The Kier molecular flexibility index (Phi) is 6.29. The predicted molar refractivity (Wildman–Crippen MR) is 110 cm³/mol. The van der Waals surface area contributed by atoms with Crippen LogP contribution in [0.3, 0.4) is 0 Å². The van der Waals surface area contributed by atoms with E-state index in [9.17, 15) is 4.79 Å². The van der Waals surface area contributed by atoms with Crippen LogP contribution in [0.15, 0.2) is 65.1 Å². The molecule has 0 saturated carbocycles. The average Bonchev–Trinajstić information content (AvgIpc) is 2.66. The number of aryl methyl sites for hydroxylation is 2. The van der Waals surface area contributed by atoms with E-state index >= 15 is 0 Å². The number of nitrogens with one attached hydrogen (secondary N) is 1. The Morgan fingerprint density at radius 3 is 2.62 bits per heavy atom. The van der Waals surface area contributed by atoms with Crippen LogP contribution < -0.4 is 10.1 Å². The molecule has 0 atom stereocenters. The number of carbonyl (C=O) groups is 1. The smallest absolute Gasteiger partial charge is 0.257 e. The van der Waals surface area contributed by atoms with Crippen molar-refractivity contribution in [1.82, 2.24) is 5.32 Å². The number of rotatable bonds is 7. The fraction of sp³-hybridized carbons (Fsp3) is 0.227. The van der Waals surface area contributed by atoms with E-state index in [1.54, 1.807) is 0 Å². The number of fused-ring (bicyclic) bond motifs is 1. The van der Waals surface area contributed by atoms with Crippen molar-refractivity contribution in [3.63, 3.8) is 0 Å². The molecule has 3 rings (SSSR count). The molecule has 0 saturated heterocycles. The Bertz CT molecular complexity index is 890. The third kappa shape index (κ3) is 4.85. The monoisotopic (exact) mass is 411 g/mol. The van der Waals surface area contributed by atoms with Gasteiger partial charge in [0.25, 0.3) is 5.91 Å². The first-order valence-electron chi connectivity index (χ1n) is 8.76. The number of hydrogen-bond acceptors (Lipinski definition) is 2. The first-order chi connectivity index (χ1) is 12.6. The van der Waals surface area contributed by atoms with Crippen molar-refractivity contribution in [2.45, 2.75) is 19.8 Å². The van der Waals surface area contributed by atoms with Crippen molar-refractivity contribution in [3.05, 3.63) is 76.3 Å². The van der Waals surface area contributed by atoms with Gasteiger partial charge in [0.1, 0.15) is 5.75 Å². The van der Waals surface area contributed by atoms with Gasteiger partial charge in [0.05, 0.1) is 4.47 Å². The molecule has 0 bridgehead atoms. The zero-order valence-electron chi connectivity index (χ0n) is 14.8. The molecular formula is C22H22BrNO2. The first-order valence-corrected chi connectivity index (χ1v) is 9.55. The van der Waals surface area contributed by atoms with Gasteiger partial charge < -0.3 is 10.1 Å². The van der Waals surface area contributed by atoms with Crippen LogP contribution in [0.5, 0.6) is 5.75 Å². The summed E-state index contributed by atoms with van der Waals surface area (Å²) in [5, 5.41) is 5.12. The van der Waals surface area contributed by atoms with Gasteiger partial charge in [0.15, 0.2) is 6.61 Å². The Labute approximate surface area is 162 Å². The summed E-state index contributed by atoms with van der Waals surface area (Å²) in [6.07, 6.45) is 1.87. The van der Waals surface area contributed by atoms with Gasteiger partial charge in [-0.2, -0.15) is 0 Å². The minimum absolute atomic E-state index is 0.0153. The molecule has 0 aliphatic carbocycles. The van der Waals surface area contributed by atoms with Gasteiger partial charge in [0.2, 0.25) is 0 Å². The molecule has 26 heavy (non-hydrogen) atoms. The number of hydrogen-bond donors (Lipinski definition) is 1. The Morgan fingerprint density at radius 1 is 1.04 bits per heavy atom. The molecule has 0 fully saturated rings. The van der Waals surface area contributed by atoms with Gasteiger partial charge in [-0.25, -0.2) is 0 Å². The van der Waals surface area contributed by atoms with Gasteiger partial charge in [0, 0.05) is 6.54 Å². The SMILES string of the molecule is Cc1ccc(CCCNC(=O)COc2ccc3ccccc3c2Br)cc1. The first kappa shape index (κ1) is 18.5. The van der Waals surface area contributed by atoms with E-state index in [2.05, 4.69) is 52.4 Å². The highest BCUT2D eigenvalue weighted by molar-refractivity contribution is 9.10. The molecule has 0 spiro atoms. The Hall–Kier alpha value is -2.33. The lowest BCUT2D eigenvalue weighted by molar-refractivity contribution is -0.123. The van der Waals surface area contributed by atoms with E-state index < -0.39 is 0 Å². The number of halogens is 1. The zero-order chi connectivity index (χ0) is 18.4. The molecule has 0 aliphatic rings. The highest BCUT2D eigenvalue weighted by Gasteiger charge is 2.08. The topological polar surface area (TPSA) is 38.3 Å². The number of benzene rings is 3. The molecule has 0 heterocycles. The van der Waals surface area contributed by atoms with E-state index in [0.29, 0.717) is 12.3 Å². The van der Waals surface area contributed by atoms with Crippen LogP contribution in [-0.2, 0) is 11.2 Å². The van der Waals surface area contributed by atoms with Crippen molar-refractivity contribution in [2.75, 3.05) is 13.2 Å². The number of amides is 1. The highest BCUT2D eigenvalue weighted by atomic mass is 79.9. The minimum Gasteiger partial charge on any atom is -0.483 e. The van der Waals surface area contributed by atoms with Gasteiger partial charge >= 0.3 is 0 Å². The molecule has 0 aliphatic heterocycles. The summed E-state index contributed by atoms with van der Waals surface area (Å²) in [6, 6.07) is 20.4. The fourth-order valence-electron chi connectivity index (χ4n) is 2.79. The maximum Gasteiger partial charge on any atom is 0.257 e. The Balaban J connectivity index is 1.44. The van der Waals surface area contributed by atoms with Crippen molar-refractivity contribution in [3.8, 4) is 5.75 Å². The van der Waals surface area contributed by atoms with Gasteiger partial charge in [-0.1, -0.05) is 60.2 Å². The quantitative estimate of drug-likeness (QED) is 0.553. The van der Waals surface area contributed by atoms with E-state index in [-0.39, 0.29) is 12.5 Å². The minimum atomic E-state index is -0.103. The van der Waals surface area contributed by atoms with Crippen molar-refractivity contribution >= 4 is 32.6 Å². The normalized spacial score (nSPS) is 10.7. The summed E-state index contributed by atoms with van der Waals surface area (Å²) < 4.78 is 6.55. The summed E-state index contributed by atoms with van der Waals surface area (Å²) >= 11 is 3.57. The fourth-order valence-corrected chi connectivity index (χ4v) is 3.40. The molecular weight excluding hydrogens is 390 g/mol. The molecule has 0 aromatic heterocycles. The van der Waals surface area contributed by atoms with Crippen LogP contribution in [-0.4, -0.2) is 19.1 Å². The van der Waals surface area contributed by atoms with Crippen LogP contribution in [0.2, 0.25) is 0 Å². The third-order valence-electron chi connectivity index (χ3n) is 4.27. The lowest BCUT2D eigenvalue weighted by Gasteiger charge is -2.11. The van der Waals surface area contributed by atoms with Gasteiger partial charge in [-0.3, -0.25) is 4.79 Å². The molecule has 4 heteroatoms. The highest BCUT2D eigenvalue weighted by Crippen LogP contribution is 2.32. The molecule has 0 unspecified atom stereocenters. The summed E-state index contributed by atoms with van der Waals surface area (Å²) in [5.41, 5.74) is 2.56. The maximum atomic E-state index is 12.0. The van der Waals surface area contributed by atoms with Crippen LogP contribution >= 0.6 is 15.9 Å². The van der Waals surface area contributed by atoms with Crippen LogP contribution in [0.25, 0.3) is 10.8 Å². The zero-order valence-corrected chi connectivity index (χ0v) is 16.4. The summed E-state index contributed by atoms with van der Waals surface area (Å²) in [4.78, 5) is 12.0. The van der Waals surface area contributed by atoms with E-state index in [1.165, 1.54) is 11.1 Å². The summed E-state index contributed by atoms with van der Waals surface area (Å²) in [7, 11) is 0. The summed E-state index contributed by atoms with van der Waals surface area (Å²) in [5.74, 6) is 0.576. The number of carbonyl (C=O) groups excluding carboxylic acids is 1. The second-order valence-corrected chi connectivity index (χ2v) is 7.12. The second kappa shape index (κ2) is 8.86. The van der Waals surface area contributed by atoms with E-state index in [1.807, 2.05) is 36.4 Å². The molecule has 3 aromatic carbocycles. The molecule has 1 amide bonds.